The van der Waals surface area contributed by atoms with E-state index in [1.165, 1.54) is 193 Å². The van der Waals surface area contributed by atoms with Gasteiger partial charge in [-0.15, -0.1) is 0 Å². The summed E-state index contributed by atoms with van der Waals surface area (Å²) in [5.74, 6) is -1.66. The Morgan fingerprint density at radius 1 is 0.276 bits per heavy atom. The summed E-state index contributed by atoms with van der Waals surface area (Å²) in [5, 5.41) is 20.7. The van der Waals surface area contributed by atoms with Gasteiger partial charge in [-0.2, -0.15) is 0 Å². The number of carbonyl (C=O) groups excluding carboxylic acids is 3. The first-order chi connectivity index (χ1) is 51.2. The van der Waals surface area contributed by atoms with E-state index in [0.717, 1.165) is 96.3 Å². The van der Waals surface area contributed by atoms with Crippen LogP contribution in [0.1, 0.15) is 355 Å². The molecule has 0 radical (unpaired) electrons. The quantitative estimate of drug-likeness (QED) is 0.0146. The molecule has 0 fully saturated rings. The van der Waals surface area contributed by atoms with Crippen LogP contribution in [0.25, 0.3) is 0 Å². The Morgan fingerprint density at radius 3 is 0.876 bits per heavy atom. The largest absolute Gasteiger partial charge is 0.472 e. The van der Waals surface area contributed by atoms with Gasteiger partial charge in [0.05, 0.1) is 26.4 Å². The number of ether oxygens (including phenoxy) is 3. The number of allylic oxidation sites excluding steroid dienone is 20. The van der Waals surface area contributed by atoms with Crippen LogP contribution in [0.4, 0.5) is 0 Å². The average Bonchev–Trinajstić information content (AvgIpc) is 0.913. The van der Waals surface area contributed by atoms with E-state index in [2.05, 4.69) is 124 Å². The smallest absolute Gasteiger partial charge is 0.463 e. The first kappa shape index (κ1) is 101. The predicted octanol–water partition coefficient (Wildman–Crippen LogP) is 24.9. The number of esters is 3. The van der Waals surface area contributed by atoms with Crippen molar-refractivity contribution in [1.82, 2.24) is 0 Å². The molecule has 5 atom stereocenters. The molecule has 0 aromatic rings. The van der Waals surface area contributed by atoms with E-state index in [9.17, 15) is 43.5 Å². The molecule has 105 heavy (non-hydrogen) atoms. The Morgan fingerprint density at radius 2 is 0.524 bits per heavy atom. The van der Waals surface area contributed by atoms with Gasteiger partial charge in [0.15, 0.2) is 6.10 Å². The molecule has 0 spiro atoms. The fourth-order valence-electron chi connectivity index (χ4n) is 11.3. The Hall–Kier alpha value is -4.05. The highest BCUT2D eigenvalue weighted by Gasteiger charge is 2.29. The number of aliphatic hydroxyl groups excluding tert-OH is 2. The van der Waals surface area contributed by atoms with Crippen LogP contribution in [0.2, 0.25) is 0 Å². The maximum absolute atomic E-state index is 13.0. The van der Waals surface area contributed by atoms with E-state index in [0.29, 0.717) is 25.7 Å². The summed E-state index contributed by atoms with van der Waals surface area (Å²) in [7, 11) is -9.81. The second-order valence-corrected chi connectivity index (χ2v) is 30.8. The first-order valence-corrected chi connectivity index (χ1v) is 44.8. The number of aliphatic hydroxyl groups is 2. The second-order valence-electron chi connectivity index (χ2n) is 27.9. The summed E-state index contributed by atoms with van der Waals surface area (Å²) in [5.41, 5.74) is 0. The van der Waals surface area contributed by atoms with Crippen molar-refractivity contribution in [1.29, 1.82) is 0 Å². The standard InChI is InChI=1S/C87H152O16P2/c1-4-7-10-13-16-19-22-25-28-30-32-33-34-35-36-37-38-39-40-41-42-43-44-45-46-47-49-51-53-55-58-61-64-67-70-73-85(90)97-76-82(88)77-99-104(93,94)100-78-83(89)79-101-105(95,96)102-81-84(103-87(92)75-72-69-66-63-60-57-52-27-24-21-18-15-12-9-6-3)80-98-86(91)74-71-68-65-62-59-56-54-50-48-31-29-26-23-20-17-14-11-8-5-2/h8,11,16-17,19-20,25-26,28-29,32-33,35-36,48,50,56,59,65,68,82-84,88-89H,4-7,9-10,12-15,18,21-24,27,30-31,34,37-47,49,51-55,57-58,60-64,66-67,69-81H2,1-3H3,(H,93,94)(H,95,96)/b11-8-,19-16-,20-17-,28-25-,29-26-,33-32-,36-35-,50-48-,59-56-,68-65-. The van der Waals surface area contributed by atoms with Gasteiger partial charge in [0.1, 0.15) is 25.4 Å². The van der Waals surface area contributed by atoms with Gasteiger partial charge < -0.3 is 34.2 Å². The normalized spacial score (nSPS) is 14.5. The highest BCUT2D eigenvalue weighted by atomic mass is 31.2. The number of phosphoric ester groups is 2. The number of carbonyl (C=O) groups is 3. The van der Waals surface area contributed by atoms with Gasteiger partial charge in [-0.05, 0) is 103 Å². The topological polar surface area (TPSA) is 231 Å². The average molecular weight is 1520 g/mol. The molecule has 5 unspecified atom stereocenters. The van der Waals surface area contributed by atoms with Gasteiger partial charge in [-0.25, -0.2) is 9.13 Å². The van der Waals surface area contributed by atoms with Crippen LogP contribution in [0.3, 0.4) is 0 Å². The minimum atomic E-state index is -4.94. The molecule has 16 nitrogen and oxygen atoms in total. The number of phosphoric acid groups is 2. The Kier molecular flexibility index (Phi) is 76.4. The Bertz CT molecular complexity index is 2390. The molecule has 0 aliphatic rings. The van der Waals surface area contributed by atoms with E-state index in [-0.39, 0.29) is 19.3 Å². The van der Waals surface area contributed by atoms with Crippen molar-refractivity contribution < 1.29 is 75.8 Å². The maximum Gasteiger partial charge on any atom is 0.472 e. The van der Waals surface area contributed by atoms with E-state index < -0.39 is 91.5 Å². The number of hydrogen-bond acceptors (Lipinski definition) is 14. The number of rotatable bonds is 79. The molecule has 0 bridgehead atoms. The summed E-state index contributed by atoms with van der Waals surface area (Å²) in [6, 6.07) is 0. The van der Waals surface area contributed by atoms with Crippen molar-refractivity contribution in [2.24, 2.45) is 0 Å². The highest BCUT2D eigenvalue weighted by Crippen LogP contribution is 2.45. The number of unbranched alkanes of at least 4 members (excludes halogenated alkanes) is 36. The van der Waals surface area contributed by atoms with Crippen molar-refractivity contribution in [3.63, 3.8) is 0 Å². The molecule has 0 amide bonds. The van der Waals surface area contributed by atoms with Crippen molar-refractivity contribution in [2.75, 3.05) is 39.6 Å². The second kappa shape index (κ2) is 79.5. The van der Waals surface area contributed by atoms with Crippen LogP contribution < -0.4 is 0 Å². The summed E-state index contributed by atoms with van der Waals surface area (Å²) < 4.78 is 61.1. The SMILES string of the molecule is CC/C=C\C/C=C\C/C=C\C/C=C\C/C=C\C/C=C\CCC(=O)OCC(COP(=O)(O)OCC(O)COP(=O)(O)OCC(O)COC(=O)CCCCCCCCCCCCCCCCCCCCC/C=C\C/C=C\C/C=C\C/C=C\CCCCC)OC(=O)CCCCCCCCCCCCCCCCC. The summed E-state index contributed by atoms with van der Waals surface area (Å²) in [4.78, 5) is 58.6. The van der Waals surface area contributed by atoms with Crippen LogP contribution in [0.5, 0.6) is 0 Å². The zero-order valence-electron chi connectivity index (χ0n) is 66.4. The lowest BCUT2D eigenvalue weighted by molar-refractivity contribution is -0.161. The van der Waals surface area contributed by atoms with Crippen LogP contribution in [-0.2, 0) is 55.8 Å². The molecule has 606 valence electrons. The van der Waals surface area contributed by atoms with Crippen molar-refractivity contribution >= 4 is 33.6 Å². The molecular formula is C87H152O16P2. The zero-order valence-corrected chi connectivity index (χ0v) is 68.2. The molecular weight excluding hydrogens is 1360 g/mol. The van der Waals surface area contributed by atoms with Crippen LogP contribution >= 0.6 is 15.6 Å². The van der Waals surface area contributed by atoms with Crippen LogP contribution in [0, 0.1) is 0 Å². The summed E-state index contributed by atoms with van der Waals surface area (Å²) in [6.07, 6.45) is 95.7. The van der Waals surface area contributed by atoms with Crippen molar-refractivity contribution in [2.45, 2.75) is 373 Å². The highest BCUT2D eigenvalue weighted by molar-refractivity contribution is 7.47. The van der Waals surface area contributed by atoms with E-state index in [4.69, 9.17) is 32.3 Å². The molecule has 0 saturated heterocycles. The van der Waals surface area contributed by atoms with Gasteiger partial charge in [0.2, 0.25) is 0 Å². The van der Waals surface area contributed by atoms with E-state index in [1.807, 2.05) is 18.2 Å². The molecule has 0 saturated carbocycles. The van der Waals surface area contributed by atoms with E-state index in [1.54, 1.807) is 0 Å². The third-order valence-corrected chi connectivity index (χ3v) is 19.6. The van der Waals surface area contributed by atoms with Gasteiger partial charge in [-0.1, -0.05) is 354 Å². The Labute approximate surface area is 640 Å². The monoisotopic (exact) mass is 1520 g/mol. The third-order valence-electron chi connectivity index (χ3n) is 17.7. The van der Waals surface area contributed by atoms with Gasteiger partial charge in [0, 0.05) is 19.3 Å². The lowest BCUT2D eigenvalue weighted by atomic mass is 10.0. The molecule has 0 aromatic carbocycles. The molecule has 0 heterocycles. The van der Waals surface area contributed by atoms with Crippen LogP contribution in [0.15, 0.2) is 122 Å². The zero-order chi connectivity index (χ0) is 76.6. The molecule has 0 aliphatic carbocycles. The Balaban J connectivity index is 4.42. The van der Waals surface area contributed by atoms with Crippen molar-refractivity contribution in [3.05, 3.63) is 122 Å². The molecule has 18 heteroatoms. The lowest BCUT2D eigenvalue weighted by Crippen LogP contribution is -2.30. The molecule has 0 rings (SSSR count). The van der Waals surface area contributed by atoms with Crippen molar-refractivity contribution in [3.8, 4) is 0 Å². The van der Waals surface area contributed by atoms with Gasteiger partial charge in [0.25, 0.3) is 0 Å². The molecule has 4 N–H and O–H groups in total. The lowest BCUT2D eigenvalue weighted by Gasteiger charge is -2.21. The first-order valence-electron chi connectivity index (χ1n) is 41.8. The van der Waals surface area contributed by atoms with E-state index >= 15 is 0 Å². The fourth-order valence-corrected chi connectivity index (χ4v) is 12.9. The molecule has 0 aromatic heterocycles. The maximum atomic E-state index is 13.0. The summed E-state index contributed by atoms with van der Waals surface area (Å²) >= 11 is 0. The fraction of sp³-hybridized carbons (Fsp3) is 0.736. The minimum absolute atomic E-state index is 0.0458. The minimum Gasteiger partial charge on any atom is -0.463 e. The van der Waals surface area contributed by atoms with Gasteiger partial charge >= 0.3 is 33.6 Å². The number of hydrogen-bond donors (Lipinski definition) is 4. The van der Waals surface area contributed by atoms with Gasteiger partial charge in [-0.3, -0.25) is 32.5 Å². The third kappa shape index (κ3) is 80.8. The van der Waals surface area contributed by atoms with Crippen LogP contribution in [-0.4, -0.2) is 95.9 Å². The summed E-state index contributed by atoms with van der Waals surface area (Å²) in [6.45, 7) is 2.49. The predicted molar refractivity (Wildman–Crippen MR) is 436 cm³/mol. The molecule has 0 aliphatic heterocycles.